The first kappa shape index (κ1) is 12.9. The highest BCUT2D eigenvalue weighted by atomic mass is 35.5. The Bertz CT molecular complexity index is 846. The van der Waals surface area contributed by atoms with Crippen molar-refractivity contribution in [2.75, 3.05) is 5.32 Å². The van der Waals surface area contributed by atoms with E-state index in [0.717, 1.165) is 34.6 Å². The Hall–Kier alpha value is -1.85. The van der Waals surface area contributed by atoms with Crippen molar-refractivity contribution in [3.8, 4) is 5.75 Å². The lowest BCUT2D eigenvalue weighted by atomic mass is 10.2. The lowest BCUT2D eigenvalue weighted by Crippen LogP contribution is -1.97. The van der Waals surface area contributed by atoms with Crippen LogP contribution in [0.1, 0.15) is 16.9 Å². The van der Waals surface area contributed by atoms with E-state index in [1.54, 1.807) is 29.5 Å². The Balaban J connectivity index is 1.87. The number of halogens is 1. The molecule has 0 amide bonds. The van der Waals surface area contributed by atoms with Gasteiger partial charge in [0.2, 0.25) is 5.28 Å². The maximum Gasteiger partial charge on any atom is 0.225 e. The third-order valence-electron chi connectivity index (χ3n) is 3.65. The van der Waals surface area contributed by atoms with Crippen LogP contribution < -0.4 is 5.32 Å². The molecule has 4 rings (SSSR count). The van der Waals surface area contributed by atoms with Gasteiger partial charge < -0.3 is 10.4 Å². The molecule has 0 saturated heterocycles. The highest BCUT2D eigenvalue weighted by molar-refractivity contribution is 7.19. The van der Waals surface area contributed by atoms with Crippen LogP contribution in [0.25, 0.3) is 10.2 Å². The first-order valence-corrected chi connectivity index (χ1v) is 7.94. The number of benzene rings is 1. The summed E-state index contributed by atoms with van der Waals surface area (Å²) in [4.78, 5) is 11.0. The molecule has 2 N–H and O–H groups in total. The van der Waals surface area contributed by atoms with Crippen molar-refractivity contribution in [2.45, 2.75) is 19.3 Å². The standard InChI is InChI=1S/C15H12ClN3OS/c16-15-18-13(17-8-3-1-4-9(20)7-8)12-10-5-2-6-11(10)21-14(12)19-15/h1,3-4,7,20H,2,5-6H2,(H,17,18,19). The normalized spacial score (nSPS) is 13.6. The smallest absolute Gasteiger partial charge is 0.225 e. The van der Waals surface area contributed by atoms with E-state index in [1.165, 1.54) is 16.9 Å². The minimum atomic E-state index is 0.215. The summed E-state index contributed by atoms with van der Waals surface area (Å²) < 4.78 is 0. The van der Waals surface area contributed by atoms with Crippen molar-refractivity contribution in [1.82, 2.24) is 9.97 Å². The Kier molecular flexibility index (Phi) is 2.97. The molecule has 0 atom stereocenters. The Morgan fingerprint density at radius 1 is 1.24 bits per heavy atom. The monoisotopic (exact) mass is 317 g/mol. The van der Waals surface area contributed by atoms with Gasteiger partial charge in [-0.25, -0.2) is 4.98 Å². The average Bonchev–Trinajstić information content (AvgIpc) is 2.98. The molecule has 0 saturated carbocycles. The van der Waals surface area contributed by atoms with Crippen molar-refractivity contribution in [1.29, 1.82) is 0 Å². The van der Waals surface area contributed by atoms with Gasteiger partial charge in [-0.15, -0.1) is 11.3 Å². The third kappa shape index (κ3) is 2.22. The molecular weight excluding hydrogens is 306 g/mol. The summed E-state index contributed by atoms with van der Waals surface area (Å²) in [6, 6.07) is 6.97. The summed E-state index contributed by atoms with van der Waals surface area (Å²) in [7, 11) is 0. The van der Waals surface area contributed by atoms with Crippen LogP contribution in [0.15, 0.2) is 24.3 Å². The number of hydrogen-bond donors (Lipinski definition) is 2. The highest BCUT2D eigenvalue weighted by Crippen LogP contribution is 2.40. The van der Waals surface area contributed by atoms with E-state index in [-0.39, 0.29) is 11.0 Å². The molecule has 1 aromatic carbocycles. The quantitative estimate of drug-likeness (QED) is 0.692. The predicted octanol–water partition coefficient (Wildman–Crippen LogP) is 4.28. The summed E-state index contributed by atoms with van der Waals surface area (Å²) in [5.74, 6) is 0.932. The molecule has 0 fully saturated rings. The summed E-state index contributed by atoms with van der Waals surface area (Å²) in [6.07, 6.45) is 3.36. The number of fused-ring (bicyclic) bond motifs is 3. The molecular formula is C15H12ClN3OS. The van der Waals surface area contributed by atoms with Gasteiger partial charge in [0.25, 0.3) is 0 Å². The molecule has 2 heterocycles. The second kappa shape index (κ2) is 4.86. The molecule has 0 bridgehead atoms. The summed E-state index contributed by atoms with van der Waals surface area (Å²) in [5.41, 5.74) is 2.12. The maximum atomic E-state index is 9.58. The van der Waals surface area contributed by atoms with Gasteiger partial charge in [0.1, 0.15) is 16.4 Å². The van der Waals surface area contributed by atoms with Crippen LogP contribution in [-0.4, -0.2) is 15.1 Å². The van der Waals surface area contributed by atoms with Gasteiger partial charge in [-0.2, -0.15) is 4.98 Å². The average molecular weight is 318 g/mol. The van der Waals surface area contributed by atoms with Crippen LogP contribution in [-0.2, 0) is 12.8 Å². The Morgan fingerprint density at radius 3 is 3.00 bits per heavy atom. The number of phenolic OH excluding ortho intramolecular Hbond substituents is 1. The molecule has 0 unspecified atom stereocenters. The molecule has 6 heteroatoms. The van der Waals surface area contributed by atoms with Gasteiger partial charge in [0.05, 0.1) is 5.39 Å². The van der Waals surface area contributed by atoms with Gasteiger partial charge in [0, 0.05) is 16.6 Å². The molecule has 2 aromatic heterocycles. The second-order valence-corrected chi connectivity index (χ2v) is 6.48. The summed E-state index contributed by atoms with van der Waals surface area (Å²) in [5, 5.41) is 14.1. The van der Waals surface area contributed by atoms with Crippen molar-refractivity contribution in [3.05, 3.63) is 40.0 Å². The van der Waals surface area contributed by atoms with Crippen LogP contribution in [0.2, 0.25) is 5.28 Å². The zero-order valence-electron chi connectivity index (χ0n) is 11.1. The van der Waals surface area contributed by atoms with E-state index in [9.17, 15) is 5.11 Å². The molecule has 21 heavy (non-hydrogen) atoms. The largest absolute Gasteiger partial charge is 0.508 e. The van der Waals surface area contributed by atoms with Crippen LogP contribution in [0.5, 0.6) is 5.75 Å². The number of nitrogens with zero attached hydrogens (tertiary/aromatic N) is 2. The molecule has 0 radical (unpaired) electrons. The van der Waals surface area contributed by atoms with Gasteiger partial charge in [0.15, 0.2) is 0 Å². The minimum Gasteiger partial charge on any atom is -0.508 e. The van der Waals surface area contributed by atoms with E-state index in [2.05, 4.69) is 15.3 Å². The van der Waals surface area contributed by atoms with Crippen LogP contribution in [0.4, 0.5) is 11.5 Å². The number of aromatic nitrogens is 2. The highest BCUT2D eigenvalue weighted by Gasteiger charge is 2.22. The fourth-order valence-electron chi connectivity index (χ4n) is 2.78. The van der Waals surface area contributed by atoms with E-state index < -0.39 is 0 Å². The Labute approximate surface area is 130 Å². The van der Waals surface area contributed by atoms with E-state index in [4.69, 9.17) is 11.6 Å². The van der Waals surface area contributed by atoms with Gasteiger partial charge in [-0.3, -0.25) is 0 Å². The molecule has 106 valence electrons. The van der Waals surface area contributed by atoms with Crippen LogP contribution in [0, 0.1) is 0 Å². The maximum absolute atomic E-state index is 9.58. The first-order chi connectivity index (χ1) is 10.2. The van der Waals surface area contributed by atoms with Crippen molar-refractivity contribution in [3.63, 3.8) is 0 Å². The van der Waals surface area contributed by atoms with E-state index >= 15 is 0 Å². The van der Waals surface area contributed by atoms with Gasteiger partial charge in [-0.05, 0) is 48.6 Å². The molecule has 1 aliphatic rings. The molecule has 1 aliphatic carbocycles. The number of hydrogen-bond acceptors (Lipinski definition) is 5. The third-order valence-corrected chi connectivity index (χ3v) is 5.00. The second-order valence-electron chi connectivity index (χ2n) is 5.05. The topological polar surface area (TPSA) is 58.0 Å². The zero-order chi connectivity index (χ0) is 14.4. The Morgan fingerprint density at radius 2 is 2.14 bits per heavy atom. The minimum absolute atomic E-state index is 0.215. The molecule has 3 aromatic rings. The molecule has 4 nitrogen and oxygen atoms in total. The van der Waals surface area contributed by atoms with Crippen LogP contribution >= 0.6 is 22.9 Å². The van der Waals surface area contributed by atoms with Gasteiger partial charge in [-0.1, -0.05) is 6.07 Å². The summed E-state index contributed by atoms with van der Waals surface area (Å²) in [6.45, 7) is 0. The van der Waals surface area contributed by atoms with Crippen LogP contribution in [0.3, 0.4) is 0 Å². The SMILES string of the molecule is Oc1cccc(Nc2nc(Cl)nc3sc4c(c23)CCC4)c1. The zero-order valence-corrected chi connectivity index (χ0v) is 12.6. The number of thiophene rings is 1. The van der Waals surface area contributed by atoms with Gasteiger partial charge >= 0.3 is 0 Å². The first-order valence-electron chi connectivity index (χ1n) is 6.74. The fourth-order valence-corrected chi connectivity index (χ4v) is 4.26. The fraction of sp³-hybridized carbons (Fsp3) is 0.200. The summed E-state index contributed by atoms with van der Waals surface area (Å²) >= 11 is 7.74. The van der Waals surface area contributed by atoms with E-state index in [0.29, 0.717) is 0 Å². The lowest BCUT2D eigenvalue weighted by molar-refractivity contribution is 0.475. The number of aromatic hydroxyl groups is 1. The number of phenols is 1. The number of rotatable bonds is 2. The van der Waals surface area contributed by atoms with Crippen molar-refractivity contribution < 1.29 is 5.11 Å². The van der Waals surface area contributed by atoms with E-state index in [1.807, 2.05) is 6.07 Å². The van der Waals surface area contributed by atoms with Crippen molar-refractivity contribution in [2.24, 2.45) is 0 Å². The lowest BCUT2D eigenvalue weighted by Gasteiger charge is -2.08. The number of anilines is 2. The number of aryl methyl sites for hydroxylation is 2. The predicted molar refractivity (Wildman–Crippen MR) is 85.8 cm³/mol. The number of nitrogens with one attached hydrogen (secondary N) is 1. The molecule has 0 spiro atoms. The van der Waals surface area contributed by atoms with Crippen molar-refractivity contribution >= 4 is 44.7 Å². The molecule has 0 aliphatic heterocycles.